The van der Waals surface area contributed by atoms with Gasteiger partial charge in [0.15, 0.2) is 5.82 Å². The number of amides is 2. The first-order chi connectivity index (χ1) is 13.1. The fourth-order valence-corrected chi connectivity index (χ4v) is 3.24. The molecule has 2 amide bonds. The second-order valence-electron chi connectivity index (χ2n) is 6.07. The molecule has 4 rings (SSSR count). The summed E-state index contributed by atoms with van der Waals surface area (Å²) in [5, 5.41) is 10.4. The predicted octanol–water partition coefficient (Wildman–Crippen LogP) is 4.31. The van der Waals surface area contributed by atoms with Crippen molar-refractivity contribution in [2.75, 3.05) is 11.9 Å². The van der Waals surface area contributed by atoms with Gasteiger partial charge in [0.25, 0.3) is 0 Å². The van der Waals surface area contributed by atoms with Crippen molar-refractivity contribution in [1.29, 1.82) is 0 Å². The number of fused-ring (bicyclic) bond motifs is 1. The van der Waals surface area contributed by atoms with Gasteiger partial charge < -0.3 is 10.1 Å². The number of rotatable bonds is 3. The Labute approximate surface area is 159 Å². The van der Waals surface area contributed by atoms with E-state index in [1.165, 1.54) is 16.8 Å². The first-order valence-corrected chi connectivity index (χ1v) is 8.78. The number of aromatic nitrogens is 2. The molecule has 1 aliphatic rings. The summed E-state index contributed by atoms with van der Waals surface area (Å²) in [5.41, 5.74) is 1.41. The number of benzene rings is 2. The first-order valence-electron chi connectivity index (χ1n) is 8.40. The van der Waals surface area contributed by atoms with Crippen LogP contribution in [-0.4, -0.2) is 22.4 Å². The molecule has 2 heterocycles. The van der Waals surface area contributed by atoms with Gasteiger partial charge in [-0.05, 0) is 24.3 Å². The molecule has 138 valence electrons. The minimum atomic E-state index is -0.391. The van der Waals surface area contributed by atoms with Crippen LogP contribution in [0.4, 0.5) is 15.0 Å². The Morgan fingerprint density at radius 3 is 2.96 bits per heavy atom. The molecule has 1 atom stereocenters. The van der Waals surface area contributed by atoms with Gasteiger partial charge in [0.05, 0.1) is 23.4 Å². The van der Waals surface area contributed by atoms with E-state index in [1.807, 2.05) is 12.1 Å². The van der Waals surface area contributed by atoms with E-state index >= 15 is 0 Å². The maximum absolute atomic E-state index is 13.3. The molecular formula is C19H16ClFN4O2. The molecule has 1 aromatic heterocycles. The number of ether oxygens (including phenoxy) is 1. The zero-order valence-corrected chi connectivity index (χ0v) is 14.9. The van der Waals surface area contributed by atoms with Crippen molar-refractivity contribution in [2.24, 2.45) is 0 Å². The summed E-state index contributed by atoms with van der Waals surface area (Å²) in [4.78, 5) is 12.4. The number of anilines is 1. The third kappa shape index (κ3) is 3.73. The van der Waals surface area contributed by atoms with Gasteiger partial charge in [0.2, 0.25) is 0 Å². The zero-order chi connectivity index (χ0) is 18.8. The quantitative estimate of drug-likeness (QED) is 0.704. The van der Waals surface area contributed by atoms with Crippen molar-refractivity contribution in [3.05, 3.63) is 71.1 Å². The lowest BCUT2D eigenvalue weighted by atomic mass is 10.0. The summed E-state index contributed by atoms with van der Waals surface area (Å²) in [6, 6.07) is 12.5. The van der Waals surface area contributed by atoms with E-state index in [9.17, 15) is 9.18 Å². The van der Waals surface area contributed by atoms with Crippen molar-refractivity contribution in [1.82, 2.24) is 15.1 Å². The maximum atomic E-state index is 13.3. The van der Waals surface area contributed by atoms with Crippen LogP contribution in [0.1, 0.15) is 18.0 Å². The van der Waals surface area contributed by atoms with Crippen LogP contribution in [0.15, 0.2) is 54.7 Å². The van der Waals surface area contributed by atoms with Crippen LogP contribution in [0.5, 0.6) is 5.75 Å². The van der Waals surface area contributed by atoms with E-state index in [1.54, 1.807) is 30.5 Å². The lowest BCUT2D eigenvalue weighted by Crippen LogP contribution is -2.35. The van der Waals surface area contributed by atoms with Crippen molar-refractivity contribution in [3.63, 3.8) is 0 Å². The van der Waals surface area contributed by atoms with Gasteiger partial charge in [-0.3, -0.25) is 5.32 Å². The summed E-state index contributed by atoms with van der Waals surface area (Å²) in [6.07, 6.45) is 2.28. The number of para-hydroxylation sites is 1. The number of carbonyl (C=O) groups excluding carboxylic acids is 1. The average Bonchev–Trinajstić information content (AvgIpc) is 3.11. The van der Waals surface area contributed by atoms with Crippen molar-refractivity contribution in [2.45, 2.75) is 12.5 Å². The second-order valence-corrected chi connectivity index (χ2v) is 6.48. The smallest absolute Gasteiger partial charge is 0.320 e. The number of carbonyl (C=O) groups is 1. The van der Waals surface area contributed by atoms with E-state index in [0.717, 1.165) is 5.56 Å². The molecule has 8 heteroatoms. The Kier molecular flexibility index (Phi) is 4.68. The molecule has 3 aromatic rings. The number of halogens is 2. The van der Waals surface area contributed by atoms with Gasteiger partial charge in [-0.25, -0.2) is 13.9 Å². The highest BCUT2D eigenvalue weighted by atomic mass is 35.5. The Balaban J connectivity index is 1.45. The topological polar surface area (TPSA) is 68.2 Å². The van der Waals surface area contributed by atoms with E-state index in [0.29, 0.717) is 35.3 Å². The number of hydrogen-bond donors (Lipinski definition) is 2. The molecule has 0 aliphatic carbocycles. The van der Waals surface area contributed by atoms with Crippen molar-refractivity contribution >= 4 is 23.4 Å². The molecule has 0 radical (unpaired) electrons. The van der Waals surface area contributed by atoms with Crippen molar-refractivity contribution < 1.29 is 13.9 Å². The summed E-state index contributed by atoms with van der Waals surface area (Å²) >= 11 is 6.15. The van der Waals surface area contributed by atoms with Gasteiger partial charge in [0, 0.05) is 24.2 Å². The second kappa shape index (κ2) is 7.28. The first kappa shape index (κ1) is 17.4. The zero-order valence-electron chi connectivity index (χ0n) is 14.2. The molecule has 2 aromatic carbocycles. The Bertz CT molecular complexity index is 991. The van der Waals surface area contributed by atoms with Crippen LogP contribution in [0.2, 0.25) is 5.02 Å². The maximum Gasteiger partial charge on any atom is 0.320 e. The predicted molar refractivity (Wildman–Crippen MR) is 100.0 cm³/mol. The number of nitrogens with zero attached hydrogens (tertiary/aromatic N) is 2. The van der Waals surface area contributed by atoms with Gasteiger partial charge in [0.1, 0.15) is 11.6 Å². The molecular weight excluding hydrogens is 371 g/mol. The summed E-state index contributed by atoms with van der Waals surface area (Å²) in [7, 11) is 0. The number of nitrogens with one attached hydrogen (secondary N) is 2. The summed E-state index contributed by atoms with van der Waals surface area (Å²) in [6.45, 7) is 0.468. The number of urea groups is 1. The molecule has 6 nitrogen and oxygen atoms in total. The van der Waals surface area contributed by atoms with E-state index in [4.69, 9.17) is 16.3 Å². The largest absolute Gasteiger partial charge is 0.492 e. The van der Waals surface area contributed by atoms with Crippen LogP contribution in [0.25, 0.3) is 5.69 Å². The monoisotopic (exact) mass is 386 g/mol. The fraction of sp³-hybridized carbons (Fsp3) is 0.158. The van der Waals surface area contributed by atoms with Crippen LogP contribution >= 0.6 is 11.6 Å². The fourth-order valence-electron chi connectivity index (χ4n) is 3.00. The van der Waals surface area contributed by atoms with Crippen molar-refractivity contribution in [3.8, 4) is 11.4 Å². The lowest BCUT2D eigenvalue weighted by molar-refractivity contribution is 0.232. The molecule has 0 spiro atoms. The highest BCUT2D eigenvalue weighted by Crippen LogP contribution is 2.37. The van der Waals surface area contributed by atoms with Gasteiger partial charge in [-0.2, -0.15) is 0 Å². The molecule has 27 heavy (non-hydrogen) atoms. The Morgan fingerprint density at radius 1 is 1.26 bits per heavy atom. The van der Waals surface area contributed by atoms with Crippen LogP contribution in [0.3, 0.4) is 0 Å². The van der Waals surface area contributed by atoms with Crippen LogP contribution in [0, 0.1) is 5.82 Å². The highest BCUT2D eigenvalue weighted by molar-refractivity contribution is 6.32. The minimum Gasteiger partial charge on any atom is -0.492 e. The molecule has 0 bridgehead atoms. The van der Waals surface area contributed by atoms with E-state index < -0.39 is 6.03 Å². The summed E-state index contributed by atoms with van der Waals surface area (Å²) in [5.74, 6) is 0.605. The Morgan fingerprint density at radius 2 is 2.11 bits per heavy atom. The molecule has 0 fully saturated rings. The lowest BCUT2D eigenvalue weighted by Gasteiger charge is -2.27. The minimum absolute atomic E-state index is 0.210. The average molecular weight is 387 g/mol. The normalized spacial score (nSPS) is 15.6. The third-order valence-corrected chi connectivity index (χ3v) is 4.53. The van der Waals surface area contributed by atoms with E-state index in [2.05, 4.69) is 15.7 Å². The van der Waals surface area contributed by atoms with Gasteiger partial charge in [-0.1, -0.05) is 29.8 Å². The van der Waals surface area contributed by atoms with Crippen LogP contribution in [-0.2, 0) is 0 Å². The highest BCUT2D eigenvalue weighted by Gasteiger charge is 2.24. The molecule has 0 saturated carbocycles. The molecule has 0 saturated heterocycles. The van der Waals surface area contributed by atoms with Crippen LogP contribution < -0.4 is 15.4 Å². The SMILES string of the molecule is O=C(Nc1ccn(-c2cccc(F)c2)n1)N[C@H]1CCOc2c(Cl)cccc21. The molecule has 0 unspecified atom stereocenters. The summed E-state index contributed by atoms with van der Waals surface area (Å²) < 4.78 is 20.4. The molecule has 2 N–H and O–H groups in total. The third-order valence-electron chi connectivity index (χ3n) is 4.23. The number of hydrogen-bond acceptors (Lipinski definition) is 3. The van der Waals surface area contributed by atoms with E-state index in [-0.39, 0.29) is 11.9 Å². The van der Waals surface area contributed by atoms with Gasteiger partial charge >= 0.3 is 6.03 Å². The standard InChI is InChI=1S/C19H16ClFN4O2/c20-15-6-2-5-14-16(8-10-27-18(14)15)22-19(26)23-17-7-9-25(24-17)13-4-1-3-12(21)11-13/h1-7,9,11,16H,8,10H2,(H2,22,23,24,26)/t16-/m0/s1. The van der Waals surface area contributed by atoms with Gasteiger partial charge in [-0.15, -0.1) is 5.10 Å². The molecule has 1 aliphatic heterocycles. The Hall–Kier alpha value is -3.06.